The molecule has 0 amide bonds. The lowest BCUT2D eigenvalue weighted by Crippen LogP contribution is -2.41. The summed E-state index contributed by atoms with van der Waals surface area (Å²) in [4.78, 5) is 2.27. The standard InChI is InChI=1S/C10H18N2/c1-9(2,3)12(4)8-10(7-11)5-6-10/h5-6,8H2,1-4H3. The Morgan fingerprint density at radius 2 is 1.92 bits per heavy atom. The Kier molecular flexibility index (Phi) is 2.18. The minimum Gasteiger partial charge on any atom is -0.300 e. The maximum Gasteiger partial charge on any atom is 0.0703 e. The molecule has 1 aliphatic rings. The van der Waals surface area contributed by atoms with Gasteiger partial charge in [0.15, 0.2) is 0 Å². The first kappa shape index (κ1) is 9.54. The Morgan fingerprint density at radius 3 is 2.17 bits per heavy atom. The van der Waals surface area contributed by atoms with E-state index in [1.807, 2.05) is 0 Å². The largest absolute Gasteiger partial charge is 0.300 e. The normalized spacial score (nSPS) is 20.7. The minimum atomic E-state index is 0.00201. The summed E-state index contributed by atoms with van der Waals surface area (Å²) in [5.41, 5.74) is 0.189. The quantitative estimate of drug-likeness (QED) is 0.627. The van der Waals surface area contributed by atoms with E-state index in [1.54, 1.807) is 0 Å². The van der Waals surface area contributed by atoms with Crippen LogP contribution in [-0.2, 0) is 0 Å². The molecule has 0 unspecified atom stereocenters. The number of hydrogen-bond acceptors (Lipinski definition) is 2. The summed E-state index contributed by atoms with van der Waals surface area (Å²) in [6, 6.07) is 2.41. The lowest BCUT2D eigenvalue weighted by Gasteiger charge is -2.33. The third-order valence-electron chi connectivity index (χ3n) is 2.78. The zero-order chi connectivity index (χ0) is 9.41. The Bertz CT molecular complexity index is 203. The van der Waals surface area contributed by atoms with E-state index in [0.29, 0.717) is 0 Å². The van der Waals surface area contributed by atoms with E-state index in [0.717, 1.165) is 19.4 Å². The number of rotatable bonds is 2. The van der Waals surface area contributed by atoms with Crippen molar-refractivity contribution in [3.05, 3.63) is 0 Å². The molecule has 0 aromatic rings. The molecular weight excluding hydrogens is 148 g/mol. The average Bonchev–Trinajstić information content (AvgIpc) is 2.67. The molecule has 0 aromatic heterocycles. The van der Waals surface area contributed by atoms with Crippen LogP contribution in [-0.4, -0.2) is 24.0 Å². The summed E-state index contributed by atoms with van der Waals surface area (Å²) >= 11 is 0. The molecule has 1 fully saturated rings. The summed E-state index contributed by atoms with van der Waals surface area (Å²) in [6.45, 7) is 7.47. The van der Waals surface area contributed by atoms with Gasteiger partial charge in [0.25, 0.3) is 0 Å². The van der Waals surface area contributed by atoms with Crippen LogP contribution < -0.4 is 0 Å². The van der Waals surface area contributed by atoms with Crippen LogP contribution in [0.2, 0.25) is 0 Å². The van der Waals surface area contributed by atoms with Crippen molar-refractivity contribution in [2.24, 2.45) is 5.41 Å². The second-order valence-corrected chi connectivity index (χ2v) is 4.92. The van der Waals surface area contributed by atoms with Gasteiger partial charge in [-0.3, -0.25) is 4.90 Å². The molecule has 1 rings (SSSR count). The molecule has 2 heteroatoms. The first-order valence-electron chi connectivity index (χ1n) is 4.52. The molecule has 0 atom stereocenters. The Morgan fingerprint density at radius 1 is 1.42 bits per heavy atom. The Hall–Kier alpha value is -0.550. The summed E-state index contributed by atoms with van der Waals surface area (Å²) in [7, 11) is 2.09. The fraction of sp³-hybridized carbons (Fsp3) is 0.900. The van der Waals surface area contributed by atoms with Gasteiger partial charge in [0, 0.05) is 12.1 Å². The molecule has 0 spiro atoms. The van der Waals surface area contributed by atoms with Gasteiger partial charge in [0.05, 0.1) is 11.5 Å². The Balaban J connectivity index is 2.48. The molecule has 0 saturated heterocycles. The van der Waals surface area contributed by atoms with E-state index < -0.39 is 0 Å². The first-order chi connectivity index (χ1) is 5.40. The van der Waals surface area contributed by atoms with Gasteiger partial charge >= 0.3 is 0 Å². The predicted molar refractivity (Wildman–Crippen MR) is 49.7 cm³/mol. The molecule has 0 aromatic carbocycles. The van der Waals surface area contributed by atoms with Crippen molar-refractivity contribution in [3.8, 4) is 6.07 Å². The van der Waals surface area contributed by atoms with Crippen LogP contribution in [0.4, 0.5) is 0 Å². The van der Waals surface area contributed by atoms with Crippen molar-refractivity contribution in [3.63, 3.8) is 0 Å². The predicted octanol–water partition coefficient (Wildman–Crippen LogP) is 2.02. The third kappa shape index (κ3) is 1.98. The van der Waals surface area contributed by atoms with E-state index in [9.17, 15) is 0 Å². The fourth-order valence-corrected chi connectivity index (χ4v) is 1.15. The highest BCUT2D eigenvalue weighted by molar-refractivity contribution is 5.11. The SMILES string of the molecule is CN(CC1(C#N)CC1)C(C)(C)C. The maximum atomic E-state index is 8.89. The average molecular weight is 166 g/mol. The second kappa shape index (κ2) is 2.74. The smallest absolute Gasteiger partial charge is 0.0703 e. The van der Waals surface area contributed by atoms with Gasteiger partial charge in [0.1, 0.15) is 0 Å². The van der Waals surface area contributed by atoms with Gasteiger partial charge in [-0.1, -0.05) is 0 Å². The van der Waals surface area contributed by atoms with Gasteiger partial charge in [0.2, 0.25) is 0 Å². The minimum absolute atomic E-state index is 0.00201. The summed E-state index contributed by atoms with van der Waals surface area (Å²) in [5, 5.41) is 8.89. The summed E-state index contributed by atoms with van der Waals surface area (Å²) in [5.74, 6) is 0. The van der Waals surface area contributed by atoms with Crippen LogP contribution in [0.15, 0.2) is 0 Å². The topological polar surface area (TPSA) is 27.0 Å². The zero-order valence-corrected chi connectivity index (χ0v) is 8.52. The molecule has 12 heavy (non-hydrogen) atoms. The first-order valence-corrected chi connectivity index (χ1v) is 4.52. The lowest BCUT2D eigenvalue weighted by molar-refractivity contribution is 0.155. The fourth-order valence-electron chi connectivity index (χ4n) is 1.15. The summed E-state index contributed by atoms with van der Waals surface area (Å²) < 4.78 is 0. The van der Waals surface area contributed by atoms with Crippen LogP contribution in [0.5, 0.6) is 0 Å². The van der Waals surface area contributed by atoms with Crippen molar-refractivity contribution in [2.75, 3.05) is 13.6 Å². The van der Waals surface area contributed by atoms with Crippen LogP contribution in [0.25, 0.3) is 0 Å². The highest BCUT2D eigenvalue weighted by Crippen LogP contribution is 2.45. The molecule has 0 radical (unpaired) electrons. The Labute approximate surface area is 75.2 Å². The van der Waals surface area contributed by atoms with Crippen molar-refractivity contribution in [1.82, 2.24) is 4.90 Å². The van der Waals surface area contributed by atoms with Crippen molar-refractivity contribution in [1.29, 1.82) is 5.26 Å². The molecule has 0 N–H and O–H groups in total. The van der Waals surface area contributed by atoms with E-state index >= 15 is 0 Å². The van der Waals surface area contributed by atoms with Gasteiger partial charge < -0.3 is 0 Å². The molecule has 1 aliphatic carbocycles. The van der Waals surface area contributed by atoms with Gasteiger partial charge in [-0.25, -0.2) is 0 Å². The van der Waals surface area contributed by atoms with Crippen LogP contribution >= 0.6 is 0 Å². The molecule has 0 heterocycles. The molecular formula is C10H18N2. The molecule has 68 valence electrons. The van der Waals surface area contributed by atoms with Crippen molar-refractivity contribution < 1.29 is 0 Å². The molecule has 0 aliphatic heterocycles. The number of nitrogens with zero attached hydrogens (tertiary/aromatic N) is 2. The highest BCUT2D eigenvalue weighted by atomic mass is 15.2. The second-order valence-electron chi connectivity index (χ2n) is 4.92. The van der Waals surface area contributed by atoms with Crippen LogP contribution in [0.3, 0.4) is 0 Å². The van der Waals surface area contributed by atoms with Crippen LogP contribution in [0, 0.1) is 16.7 Å². The van der Waals surface area contributed by atoms with E-state index in [2.05, 4.69) is 38.8 Å². The highest BCUT2D eigenvalue weighted by Gasteiger charge is 2.45. The van der Waals surface area contributed by atoms with Gasteiger partial charge in [-0.05, 0) is 40.7 Å². The van der Waals surface area contributed by atoms with Gasteiger partial charge in [-0.2, -0.15) is 5.26 Å². The summed E-state index contributed by atoms with van der Waals surface area (Å²) in [6.07, 6.45) is 2.17. The monoisotopic (exact) mass is 166 g/mol. The van der Waals surface area contributed by atoms with Crippen molar-refractivity contribution >= 4 is 0 Å². The van der Waals surface area contributed by atoms with Crippen LogP contribution in [0.1, 0.15) is 33.6 Å². The van der Waals surface area contributed by atoms with E-state index in [-0.39, 0.29) is 11.0 Å². The van der Waals surface area contributed by atoms with Gasteiger partial charge in [-0.15, -0.1) is 0 Å². The lowest BCUT2D eigenvalue weighted by atomic mass is 10.0. The zero-order valence-electron chi connectivity index (χ0n) is 8.52. The van der Waals surface area contributed by atoms with E-state index in [1.165, 1.54) is 0 Å². The van der Waals surface area contributed by atoms with E-state index in [4.69, 9.17) is 5.26 Å². The third-order valence-corrected chi connectivity index (χ3v) is 2.78. The maximum absolute atomic E-state index is 8.89. The molecule has 0 bridgehead atoms. The number of hydrogen-bond donors (Lipinski definition) is 0. The molecule has 1 saturated carbocycles. The molecule has 2 nitrogen and oxygen atoms in total. The van der Waals surface area contributed by atoms with Crippen molar-refractivity contribution in [2.45, 2.75) is 39.2 Å². The number of nitriles is 1.